The Balaban J connectivity index is 1.91. The molecule has 3 nitrogen and oxygen atoms in total. The van der Waals surface area contributed by atoms with Gasteiger partial charge in [0, 0.05) is 31.1 Å². The summed E-state index contributed by atoms with van der Waals surface area (Å²) in [6, 6.07) is 7.91. The van der Waals surface area contributed by atoms with Gasteiger partial charge in [-0.3, -0.25) is 0 Å². The van der Waals surface area contributed by atoms with Gasteiger partial charge in [-0.05, 0) is 36.5 Å². The van der Waals surface area contributed by atoms with Crippen LogP contribution in [0.1, 0.15) is 19.8 Å². The SMILES string of the molecule is CC1(CNc2cccc(N)c2)CCOCC1. The molecule has 0 saturated carbocycles. The number of anilines is 2. The molecule has 1 aliphatic rings. The number of ether oxygens (including phenoxy) is 1. The lowest BCUT2D eigenvalue weighted by molar-refractivity contribution is 0.0300. The lowest BCUT2D eigenvalue weighted by Crippen LogP contribution is -2.33. The number of nitrogens with one attached hydrogen (secondary N) is 1. The summed E-state index contributed by atoms with van der Waals surface area (Å²) in [5, 5.41) is 3.46. The van der Waals surface area contributed by atoms with Crippen molar-refractivity contribution in [2.75, 3.05) is 30.8 Å². The second kappa shape index (κ2) is 4.74. The van der Waals surface area contributed by atoms with Crippen LogP contribution >= 0.6 is 0 Å². The van der Waals surface area contributed by atoms with E-state index in [0.717, 1.165) is 44.0 Å². The minimum Gasteiger partial charge on any atom is -0.399 e. The molecule has 1 aromatic rings. The zero-order valence-corrected chi connectivity index (χ0v) is 9.83. The summed E-state index contributed by atoms with van der Waals surface area (Å²) in [6.07, 6.45) is 2.25. The Hall–Kier alpha value is -1.22. The van der Waals surface area contributed by atoms with E-state index in [1.807, 2.05) is 18.2 Å². The Morgan fingerprint density at radius 2 is 2.12 bits per heavy atom. The van der Waals surface area contributed by atoms with Gasteiger partial charge in [0.15, 0.2) is 0 Å². The van der Waals surface area contributed by atoms with Gasteiger partial charge >= 0.3 is 0 Å². The van der Waals surface area contributed by atoms with E-state index in [-0.39, 0.29) is 0 Å². The minimum atomic E-state index is 0.350. The maximum Gasteiger partial charge on any atom is 0.0471 e. The van der Waals surface area contributed by atoms with Gasteiger partial charge in [-0.1, -0.05) is 13.0 Å². The van der Waals surface area contributed by atoms with E-state index in [4.69, 9.17) is 10.5 Å². The molecule has 88 valence electrons. The molecule has 0 atom stereocenters. The van der Waals surface area contributed by atoms with E-state index in [2.05, 4.69) is 18.3 Å². The quantitative estimate of drug-likeness (QED) is 0.769. The van der Waals surface area contributed by atoms with Crippen LogP contribution in [0, 0.1) is 5.41 Å². The molecule has 1 fully saturated rings. The van der Waals surface area contributed by atoms with Gasteiger partial charge in [0.05, 0.1) is 0 Å². The van der Waals surface area contributed by atoms with Crippen molar-refractivity contribution in [3.63, 3.8) is 0 Å². The third kappa shape index (κ3) is 2.89. The first kappa shape index (κ1) is 11.3. The molecule has 1 saturated heterocycles. The van der Waals surface area contributed by atoms with Crippen LogP contribution in [0.15, 0.2) is 24.3 Å². The van der Waals surface area contributed by atoms with Crippen molar-refractivity contribution >= 4 is 11.4 Å². The summed E-state index contributed by atoms with van der Waals surface area (Å²) in [5.41, 5.74) is 8.00. The molecule has 3 N–H and O–H groups in total. The molecule has 1 heterocycles. The van der Waals surface area contributed by atoms with Crippen molar-refractivity contribution in [1.82, 2.24) is 0 Å². The zero-order valence-electron chi connectivity index (χ0n) is 9.83. The molecule has 1 aliphatic heterocycles. The average molecular weight is 220 g/mol. The highest BCUT2D eigenvalue weighted by Gasteiger charge is 2.26. The highest BCUT2D eigenvalue weighted by molar-refractivity contribution is 5.54. The van der Waals surface area contributed by atoms with Crippen molar-refractivity contribution in [2.45, 2.75) is 19.8 Å². The summed E-state index contributed by atoms with van der Waals surface area (Å²) in [5.74, 6) is 0. The van der Waals surface area contributed by atoms with Crippen LogP contribution in [0.25, 0.3) is 0 Å². The van der Waals surface area contributed by atoms with Crippen molar-refractivity contribution in [1.29, 1.82) is 0 Å². The molecular formula is C13H20N2O. The molecule has 0 aliphatic carbocycles. The molecule has 0 amide bonds. The van der Waals surface area contributed by atoms with Gasteiger partial charge in [-0.15, -0.1) is 0 Å². The van der Waals surface area contributed by atoms with Gasteiger partial charge in [0.2, 0.25) is 0 Å². The molecule has 0 unspecified atom stereocenters. The van der Waals surface area contributed by atoms with Crippen molar-refractivity contribution in [3.05, 3.63) is 24.3 Å². The Morgan fingerprint density at radius 3 is 2.81 bits per heavy atom. The van der Waals surface area contributed by atoms with Crippen LogP contribution < -0.4 is 11.1 Å². The van der Waals surface area contributed by atoms with Gasteiger partial charge in [0.1, 0.15) is 0 Å². The first-order valence-electron chi connectivity index (χ1n) is 5.85. The zero-order chi connectivity index (χ0) is 11.4. The first-order valence-corrected chi connectivity index (χ1v) is 5.85. The van der Waals surface area contributed by atoms with E-state index in [1.165, 1.54) is 0 Å². The van der Waals surface area contributed by atoms with E-state index in [0.29, 0.717) is 5.41 Å². The third-order valence-electron chi connectivity index (χ3n) is 3.31. The predicted octanol–water partition coefficient (Wildman–Crippen LogP) is 2.50. The third-order valence-corrected chi connectivity index (χ3v) is 3.31. The van der Waals surface area contributed by atoms with Gasteiger partial charge < -0.3 is 15.8 Å². The molecule has 0 bridgehead atoms. The van der Waals surface area contributed by atoms with E-state index in [1.54, 1.807) is 0 Å². The number of nitrogen functional groups attached to an aromatic ring is 1. The molecule has 0 aromatic heterocycles. The van der Waals surface area contributed by atoms with Crippen LogP contribution in [-0.4, -0.2) is 19.8 Å². The smallest absolute Gasteiger partial charge is 0.0471 e. The highest BCUT2D eigenvalue weighted by atomic mass is 16.5. The molecule has 3 heteroatoms. The van der Waals surface area contributed by atoms with Crippen LogP contribution in [0.2, 0.25) is 0 Å². The summed E-state index contributed by atoms with van der Waals surface area (Å²) >= 11 is 0. The number of nitrogens with two attached hydrogens (primary N) is 1. The monoisotopic (exact) mass is 220 g/mol. The molecule has 0 radical (unpaired) electrons. The molecule has 0 spiro atoms. The largest absolute Gasteiger partial charge is 0.399 e. The van der Waals surface area contributed by atoms with Crippen LogP contribution in [0.5, 0.6) is 0 Å². The number of hydrogen-bond donors (Lipinski definition) is 2. The number of benzene rings is 1. The molecule has 16 heavy (non-hydrogen) atoms. The topological polar surface area (TPSA) is 47.3 Å². The van der Waals surface area contributed by atoms with Crippen molar-refractivity contribution in [3.8, 4) is 0 Å². The standard InChI is InChI=1S/C13H20N2O/c1-13(5-7-16-8-6-13)10-15-12-4-2-3-11(14)9-12/h2-4,9,15H,5-8,10,14H2,1H3. The van der Waals surface area contributed by atoms with E-state index in [9.17, 15) is 0 Å². The maximum atomic E-state index is 5.74. The molecule has 1 aromatic carbocycles. The molecule has 2 rings (SSSR count). The Labute approximate surface area is 97.0 Å². The van der Waals surface area contributed by atoms with Crippen molar-refractivity contribution < 1.29 is 4.74 Å². The first-order chi connectivity index (χ1) is 7.68. The fourth-order valence-corrected chi connectivity index (χ4v) is 2.01. The second-order valence-corrected chi connectivity index (χ2v) is 4.90. The number of hydrogen-bond acceptors (Lipinski definition) is 3. The number of rotatable bonds is 3. The fraction of sp³-hybridized carbons (Fsp3) is 0.538. The summed E-state index contributed by atoms with van der Waals surface area (Å²) in [7, 11) is 0. The Morgan fingerprint density at radius 1 is 1.38 bits per heavy atom. The predicted molar refractivity (Wildman–Crippen MR) is 67.5 cm³/mol. The minimum absolute atomic E-state index is 0.350. The van der Waals surface area contributed by atoms with Crippen LogP contribution in [0.3, 0.4) is 0 Å². The Kier molecular flexibility index (Phi) is 3.34. The molecular weight excluding hydrogens is 200 g/mol. The van der Waals surface area contributed by atoms with Crippen LogP contribution in [0.4, 0.5) is 11.4 Å². The van der Waals surface area contributed by atoms with E-state index < -0.39 is 0 Å². The fourth-order valence-electron chi connectivity index (χ4n) is 2.01. The van der Waals surface area contributed by atoms with Crippen molar-refractivity contribution in [2.24, 2.45) is 5.41 Å². The van der Waals surface area contributed by atoms with E-state index >= 15 is 0 Å². The van der Waals surface area contributed by atoms with Gasteiger partial charge in [-0.2, -0.15) is 0 Å². The van der Waals surface area contributed by atoms with Gasteiger partial charge in [-0.25, -0.2) is 0 Å². The summed E-state index contributed by atoms with van der Waals surface area (Å²) in [6.45, 7) is 5.07. The average Bonchev–Trinajstić information content (AvgIpc) is 2.28. The summed E-state index contributed by atoms with van der Waals surface area (Å²) < 4.78 is 5.39. The van der Waals surface area contributed by atoms with Crippen LogP contribution in [-0.2, 0) is 4.74 Å². The second-order valence-electron chi connectivity index (χ2n) is 4.90. The Bertz CT molecular complexity index is 346. The highest BCUT2D eigenvalue weighted by Crippen LogP contribution is 2.30. The lowest BCUT2D eigenvalue weighted by atomic mass is 9.82. The van der Waals surface area contributed by atoms with Gasteiger partial charge in [0.25, 0.3) is 0 Å². The lowest BCUT2D eigenvalue weighted by Gasteiger charge is -2.33. The normalized spacial score (nSPS) is 19.3. The summed E-state index contributed by atoms with van der Waals surface area (Å²) in [4.78, 5) is 0. The maximum absolute atomic E-state index is 5.74.